The summed E-state index contributed by atoms with van der Waals surface area (Å²) in [6.45, 7) is 6.78. The molecule has 0 aliphatic rings. The molecule has 1 aromatic carbocycles. The zero-order valence-electron chi connectivity index (χ0n) is 11.8. The van der Waals surface area contributed by atoms with E-state index in [0.29, 0.717) is 0 Å². The van der Waals surface area contributed by atoms with E-state index in [4.69, 9.17) is 0 Å². The zero-order valence-corrected chi connectivity index (χ0v) is 14.2. The van der Waals surface area contributed by atoms with Crippen LogP contribution >= 0.6 is 27.3 Å². The highest BCUT2D eigenvalue weighted by Gasteiger charge is 2.21. The topological polar surface area (TPSA) is 12.0 Å². The molecule has 102 valence electrons. The van der Waals surface area contributed by atoms with Crippen molar-refractivity contribution in [3.63, 3.8) is 0 Å². The zero-order chi connectivity index (χ0) is 14.0. The van der Waals surface area contributed by atoms with E-state index in [0.717, 1.165) is 4.47 Å². The second kappa shape index (κ2) is 5.78. The van der Waals surface area contributed by atoms with Crippen LogP contribution in [0.5, 0.6) is 0 Å². The lowest BCUT2D eigenvalue weighted by Gasteiger charge is -2.18. The van der Waals surface area contributed by atoms with Gasteiger partial charge in [0, 0.05) is 14.2 Å². The van der Waals surface area contributed by atoms with Crippen molar-refractivity contribution in [2.24, 2.45) is 0 Å². The van der Waals surface area contributed by atoms with E-state index >= 15 is 0 Å². The Balaban J connectivity index is 2.38. The van der Waals surface area contributed by atoms with Crippen LogP contribution in [0.3, 0.4) is 0 Å². The molecule has 2 rings (SSSR count). The van der Waals surface area contributed by atoms with Gasteiger partial charge in [-0.05, 0) is 36.2 Å². The van der Waals surface area contributed by atoms with Crippen LogP contribution in [0.2, 0.25) is 0 Å². The van der Waals surface area contributed by atoms with E-state index < -0.39 is 0 Å². The summed E-state index contributed by atoms with van der Waals surface area (Å²) < 4.78 is 1.15. The standard InChI is InChI=1S/C16H20BrNS/c1-16(2,3)14-10-9-13(19-14)15(18-4)11-7-5-6-8-12(11)17/h5-10,15,18H,1-4H3. The molecule has 19 heavy (non-hydrogen) atoms. The third kappa shape index (κ3) is 3.28. The molecule has 0 aliphatic carbocycles. The Kier molecular flexibility index (Phi) is 4.49. The summed E-state index contributed by atoms with van der Waals surface area (Å²) in [6, 6.07) is 13.1. The highest BCUT2D eigenvalue weighted by molar-refractivity contribution is 9.10. The molecule has 0 aliphatic heterocycles. The maximum Gasteiger partial charge on any atom is 0.0679 e. The average Bonchev–Trinajstić information content (AvgIpc) is 2.82. The van der Waals surface area contributed by atoms with Crippen LogP contribution in [0, 0.1) is 0 Å². The average molecular weight is 338 g/mol. The Morgan fingerprint density at radius 3 is 2.32 bits per heavy atom. The van der Waals surface area contributed by atoms with Gasteiger partial charge in [-0.3, -0.25) is 0 Å². The number of thiophene rings is 1. The molecular weight excluding hydrogens is 318 g/mol. The molecule has 1 N–H and O–H groups in total. The van der Waals surface area contributed by atoms with Crippen molar-refractivity contribution >= 4 is 27.3 Å². The van der Waals surface area contributed by atoms with Gasteiger partial charge in [-0.1, -0.05) is 54.9 Å². The molecule has 0 radical (unpaired) electrons. The molecule has 0 saturated carbocycles. The second-order valence-electron chi connectivity index (χ2n) is 5.70. The van der Waals surface area contributed by atoms with E-state index in [-0.39, 0.29) is 11.5 Å². The first-order chi connectivity index (χ1) is 8.93. The molecule has 1 aromatic heterocycles. The Hall–Kier alpha value is -0.640. The molecule has 1 unspecified atom stereocenters. The van der Waals surface area contributed by atoms with Gasteiger partial charge in [0.15, 0.2) is 0 Å². The molecule has 0 bridgehead atoms. The van der Waals surface area contributed by atoms with Crippen LogP contribution in [-0.4, -0.2) is 7.05 Å². The van der Waals surface area contributed by atoms with E-state index in [1.54, 1.807) is 0 Å². The van der Waals surface area contributed by atoms with Crippen molar-refractivity contribution in [1.82, 2.24) is 5.32 Å². The Bertz CT molecular complexity index is 554. The summed E-state index contributed by atoms with van der Waals surface area (Å²) in [5, 5.41) is 3.42. The molecule has 1 nitrogen and oxygen atoms in total. The van der Waals surface area contributed by atoms with Crippen molar-refractivity contribution in [1.29, 1.82) is 0 Å². The summed E-state index contributed by atoms with van der Waals surface area (Å²) in [5.41, 5.74) is 1.50. The fourth-order valence-corrected chi connectivity index (χ4v) is 3.78. The molecule has 0 amide bonds. The van der Waals surface area contributed by atoms with E-state index in [1.807, 2.05) is 18.4 Å². The van der Waals surface area contributed by atoms with Gasteiger partial charge in [0.2, 0.25) is 0 Å². The van der Waals surface area contributed by atoms with Gasteiger partial charge < -0.3 is 5.32 Å². The van der Waals surface area contributed by atoms with E-state index in [1.165, 1.54) is 15.3 Å². The maximum absolute atomic E-state index is 3.65. The predicted molar refractivity (Wildman–Crippen MR) is 88.1 cm³/mol. The number of halogens is 1. The van der Waals surface area contributed by atoms with Gasteiger partial charge in [0.25, 0.3) is 0 Å². The number of benzene rings is 1. The Labute approximate surface area is 128 Å². The molecule has 0 fully saturated rings. The van der Waals surface area contributed by atoms with Gasteiger partial charge >= 0.3 is 0 Å². The van der Waals surface area contributed by atoms with E-state index in [2.05, 4.69) is 78.4 Å². The van der Waals surface area contributed by atoms with Crippen LogP contribution < -0.4 is 5.32 Å². The van der Waals surface area contributed by atoms with Crippen LogP contribution in [0.15, 0.2) is 40.9 Å². The van der Waals surface area contributed by atoms with Crippen molar-refractivity contribution < 1.29 is 0 Å². The van der Waals surface area contributed by atoms with Crippen molar-refractivity contribution in [2.45, 2.75) is 32.2 Å². The second-order valence-corrected chi connectivity index (χ2v) is 7.66. The number of rotatable bonds is 3. The van der Waals surface area contributed by atoms with Crippen LogP contribution in [0.4, 0.5) is 0 Å². The first-order valence-electron chi connectivity index (χ1n) is 6.45. The first kappa shape index (κ1) is 14.8. The summed E-state index contributed by atoms with van der Waals surface area (Å²) in [6.07, 6.45) is 0. The van der Waals surface area contributed by atoms with Crippen LogP contribution in [-0.2, 0) is 5.41 Å². The summed E-state index contributed by atoms with van der Waals surface area (Å²) in [7, 11) is 2.01. The van der Waals surface area contributed by atoms with Crippen molar-refractivity contribution in [2.75, 3.05) is 7.05 Å². The van der Waals surface area contributed by atoms with Gasteiger partial charge in [0.1, 0.15) is 0 Å². The molecule has 1 atom stereocenters. The quantitative estimate of drug-likeness (QED) is 0.819. The van der Waals surface area contributed by atoms with Crippen LogP contribution in [0.25, 0.3) is 0 Å². The van der Waals surface area contributed by atoms with Crippen molar-refractivity contribution in [3.05, 3.63) is 56.2 Å². The minimum Gasteiger partial charge on any atom is -0.309 e. The van der Waals surface area contributed by atoms with Gasteiger partial charge in [-0.25, -0.2) is 0 Å². The normalized spacial score (nSPS) is 13.5. The predicted octanol–water partition coefficient (Wildman–Crippen LogP) is 5.12. The summed E-state index contributed by atoms with van der Waals surface area (Å²) in [5.74, 6) is 0. The highest BCUT2D eigenvalue weighted by Crippen LogP contribution is 2.36. The largest absolute Gasteiger partial charge is 0.309 e. The lowest BCUT2D eigenvalue weighted by atomic mass is 9.95. The van der Waals surface area contributed by atoms with Gasteiger partial charge in [-0.15, -0.1) is 11.3 Å². The smallest absolute Gasteiger partial charge is 0.0679 e. The maximum atomic E-state index is 3.65. The summed E-state index contributed by atoms with van der Waals surface area (Å²) >= 11 is 5.54. The minimum absolute atomic E-state index is 0.217. The minimum atomic E-state index is 0.217. The van der Waals surface area contributed by atoms with Crippen molar-refractivity contribution in [3.8, 4) is 0 Å². The van der Waals surface area contributed by atoms with Crippen LogP contribution in [0.1, 0.15) is 42.1 Å². The monoisotopic (exact) mass is 337 g/mol. The molecule has 2 aromatic rings. The molecular formula is C16H20BrNS. The first-order valence-corrected chi connectivity index (χ1v) is 8.06. The lowest BCUT2D eigenvalue weighted by molar-refractivity contribution is 0.604. The Morgan fingerprint density at radius 2 is 1.79 bits per heavy atom. The fraction of sp³-hybridized carbons (Fsp3) is 0.375. The van der Waals surface area contributed by atoms with E-state index in [9.17, 15) is 0 Å². The molecule has 0 saturated heterocycles. The van der Waals surface area contributed by atoms with Gasteiger partial charge in [0.05, 0.1) is 6.04 Å². The fourth-order valence-electron chi connectivity index (χ4n) is 2.07. The summed E-state index contributed by atoms with van der Waals surface area (Å²) in [4.78, 5) is 2.79. The molecule has 3 heteroatoms. The SMILES string of the molecule is CNC(c1ccc(C(C)(C)C)s1)c1ccccc1Br. The number of hydrogen-bond donors (Lipinski definition) is 1. The third-order valence-electron chi connectivity index (χ3n) is 3.16. The Morgan fingerprint density at radius 1 is 1.11 bits per heavy atom. The molecule has 0 spiro atoms. The highest BCUT2D eigenvalue weighted by atomic mass is 79.9. The molecule has 1 heterocycles. The van der Waals surface area contributed by atoms with Gasteiger partial charge in [-0.2, -0.15) is 0 Å². The number of nitrogens with one attached hydrogen (secondary N) is 1. The third-order valence-corrected chi connectivity index (χ3v) is 5.45. The lowest BCUT2D eigenvalue weighted by Crippen LogP contribution is -2.17. The number of hydrogen-bond acceptors (Lipinski definition) is 2.